The largest absolute Gasteiger partial charge is 0.304 e. The first-order valence-corrected chi connectivity index (χ1v) is 8.65. The zero-order valence-electron chi connectivity index (χ0n) is 14.9. The first-order chi connectivity index (χ1) is 11.5. The molecule has 2 aromatic rings. The number of carbonyl (C=O) groups excluding carboxylic acids is 1. The number of piperazine rings is 1. The average molecular weight is 322 g/mol. The first-order valence-electron chi connectivity index (χ1n) is 8.65. The average Bonchev–Trinajstić information content (AvgIpc) is 2.57. The molecule has 0 atom stereocenters. The molecule has 0 saturated carbocycles. The quantitative estimate of drug-likeness (QED) is 0.807. The minimum Gasteiger partial charge on any atom is -0.304 e. The van der Waals surface area contributed by atoms with E-state index < -0.39 is 0 Å². The van der Waals surface area contributed by atoms with Crippen molar-refractivity contribution in [2.24, 2.45) is 0 Å². The lowest BCUT2D eigenvalue weighted by atomic mass is 9.94. The zero-order valence-corrected chi connectivity index (χ0v) is 14.9. The Kier molecular flexibility index (Phi) is 5.12. The maximum absolute atomic E-state index is 12.8. The Morgan fingerprint density at radius 3 is 2.08 bits per heavy atom. The standard InChI is InChI=1S/C21H26N2O/c1-16-5-4-6-17(2)20(16)21(24)19-9-7-18(8-10-19)15-23-13-11-22(3)12-14-23/h4-10H,11-15H2,1-3H3. The Labute approximate surface area is 144 Å². The molecule has 0 aliphatic carbocycles. The van der Waals surface area contributed by atoms with Gasteiger partial charge in [-0.15, -0.1) is 0 Å². The van der Waals surface area contributed by atoms with Crippen LogP contribution in [0.25, 0.3) is 0 Å². The summed E-state index contributed by atoms with van der Waals surface area (Å²) in [5.74, 6) is 0.122. The Hall–Kier alpha value is -1.97. The molecular formula is C21H26N2O. The molecule has 2 aromatic carbocycles. The number of aryl methyl sites for hydroxylation is 2. The van der Waals surface area contributed by atoms with Crippen molar-refractivity contribution in [3.63, 3.8) is 0 Å². The molecule has 3 heteroatoms. The number of ketones is 1. The predicted octanol–water partition coefficient (Wildman–Crippen LogP) is 3.28. The maximum atomic E-state index is 12.8. The zero-order chi connectivity index (χ0) is 17.1. The lowest BCUT2D eigenvalue weighted by Gasteiger charge is -2.32. The van der Waals surface area contributed by atoms with Gasteiger partial charge in [-0.25, -0.2) is 0 Å². The molecule has 1 fully saturated rings. The van der Waals surface area contributed by atoms with E-state index in [0.717, 1.165) is 55.0 Å². The van der Waals surface area contributed by atoms with Gasteiger partial charge in [-0.3, -0.25) is 9.69 Å². The van der Waals surface area contributed by atoms with Crippen LogP contribution in [-0.2, 0) is 6.54 Å². The van der Waals surface area contributed by atoms with Gasteiger partial charge in [0.2, 0.25) is 0 Å². The number of likely N-dealkylation sites (N-methyl/N-ethyl adjacent to an activating group) is 1. The van der Waals surface area contributed by atoms with Gasteiger partial charge in [0, 0.05) is 43.9 Å². The summed E-state index contributed by atoms with van der Waals surface area (Å²) in [6, 6.07) is 14.1. The predicted molar refractivity (Wildman–Crippen MR) is 98.6 cm³/mol. The highest BCUT2D eigenvalue weighted by molar-refractivity contribution is 6.10. The van der Waals surface area contributed by atoms with Gasteiger partial charge in [-0.05, 0) is 37.6 Å². The van der Waals surface area contributed by atoms with Crippen LogP contribution < -0.4 is 0 Å². The number of nitrogens with zero attached hydrogens (tertiary/aromatic N) is 2. The van der Waals surface area contributed by atoms with Gasteiger partial charge in [0.15, 0.2) is 5.78 Å². The summed E-state index contributed by atoms with van der Waals surface area (Å²) in [6.07, 6.45) is 0. The Morgan fingerprint density at radius 1 is 0.917 bits per heavy atom. The topological polar surface area (TPSA) is 23.6 Å². The van der Waals surface area contributed by atoms with Crippen LogP contribution in [0.15, 0.2) is 42.5 Å². The molecule has 24 heavy (non-hydrogen) atoms. The van der Waals surface area contributed by atoms with Gasteiger partial charge in [0.1, 0.15) is 0 Å². The molecule has 0 N–H and O–H groups in total. The number of carbonyl (C=O) groups is 1. The fourth-order valence-electron chi connectivity index (χ4n) is 3.34. The Bertz CT molecular complexity index is 693. The van der Waals surface area contributed by atoms with Crippen LogP contribution in [0.1, 0.15) is 32.6 Å². The van der Waals surface area contributed by atoms with Crippen molar-refractivity contribution in [3.8, 4) is 0 Å². The monoisotopic (exact) mass is 322 g/mol. The van der Waals surface area contributed by atoms with E-state index in [4.69, 9.17) is 0 Å². The van der Waals surface area contributed by atoms with Crippen LogP contribution in [-0.4, -0.2) is 48.8 Å². The van der Waals surface area contributed by atoms with Crippen molar-refractivity contribution >= 4 is 5.78 Å². The number of rotatable bonds is 4. The summed E-state index contributed by atoms with van der Waals surface area (Å²) in [5.41, 5.74) is 4.97. The molecular weight excluding hydrogens is 296 g/mol. The van der Waals surface area contributed by atoms with Gasteiger partial charge in [-0.1, -0.05) is 42.5 Å². The first kappa shape index (κ1) is 16.9. The fourth-order valence-corrected chi connectivity index (χ4v) is 3.34. The van der Waals surface area contributed by atoms with Gasteiger partial charge in [-0.2, -0.15) is 0 Å². The van der Waals surface area contributed by atoms with E-state index in [-0.39, 0.29) is 5.78 Å². The van der Waals surface area contributed by atoms with Crippen molar-refractivity contribution < 1.29 is 4.79 Å². The van der Waals surface area contributed by atoms with Crippen molar-refractivity contribution in [1.29, 1.82) is 0 Å². The molecule has 126 valence electrons. The molecule has 1 heterocycles. The highest BCUT2D eigenvalue weighted by Gasteiger charge is 2.16. The van der Waals surface area contributed by atoms with Gasteiger partial charge in [0.25, 0.3) is 0 Å². The van der Waals surface area contributed by atoms with Crippen LogP contribution in [0.3, 0.4) is 0 Å². The minimum atomic E-state index is 0.122. The minimum absolute atomic E-state index is 0.122. The highest BCUT2D eigenvalue weighted by atomic mass is 16.1. The smallest absolute Gasteiger partial charge is 0.193 e. The Morgan fingerprint density at radius 2 is 1.50 bits per heavy atom. The molecule has 0 amide bonds. The molecule has 3 rings (SSSR count). The van der Waals surface area contributed by atoms with E-state index in [1.165, 1.54) is 5.56 Å². The molecule has 0 aromatic heterocycles. The number of hydrogen-bond acceptors (Lipinski definition) is 3. The van der Waals surface area contributed by atoms with Gasteiger partial charge >= 0.3 is 0 Å². The van der Waals surface area contributed by atoms with Crippen LogP contribution in [0.4, 0.5) is 0 Å². The molecule has 1 aliphatic rings. The second kappa shape index (κ2) is 7.29. The lowest BCUT2D eigenvalue weighted by molar-refractivity contribution is 0.103. The van der Waals surface area contributed by atoms with Crippen LogP contribution in [0, 0.1) is 13.8 Å². The molecule has 0 unspecified atom stereocenters. The van der Waals surface area contributed by atoms with Crippen LogP contribution >= 0.6 is 0 Å². The third-order valence-electron chi connectivity index (χ3n) is 4.93. The van der Waals surface area contributed by atoms with E-state index >= 15 is 0 Å². The summed E-state index contributed by atoms with van der Waals surface area (Å²) in [4.78, 5) is 17.6. The van der Waals surface area contributed by atoms with E-state index in [9.17, 15) is 4.79 Å². The van der Waals surface area contributed by atoms with E-state index in [0.29, 0.717) is 0 Å². The molecule has 1 saturated heterocycles. The van der Waals surface area contributed by atoms with Crippen LogP contribution in [0.2, 0.25) is 0 Å². The third kappa shape index (κ3) is 3.74. The number of hydrogen-bond donors (Lipinski definition) is 0. The van der Waals surface area contributed by atoms with Crippen molar-refractivity contribution in [1.82, 2.24) is 9.80 Å². The van der Waals surface area contributed by atoms with E-state index in [1.54, 1.807) is 0 Å². The maximum Gasteiger partial charge on any atom is 0.193 e. The molecule has 0 spiro atoms. The summed E-state index contributed by atoms with van der Waals surface area (Å²) in [5, 5.41) is 0. The van der Waals surface area contributed by atoms with Gasteiger partial charge < -0.3 is 4.90 Å². The third-order valence-corrected chi connectivity index (χ3v) is 4.93. The molecule has 1 aliphatic heterocycles. The summed E-state index contributed by atoms with van der Waals surface area (Å²) in [6.45, 7) is 9.45. The molecule has 0 bridgehead atoms. The van der Waals surface area contributed by atoms with Crippen LogP contribution in [0.5, 0.6) is 0 Å². The van der Waals surface area contributed by atoms with E-state index in [2.05, 4.69) is 29.0 Å². The van der Waals surface area contributed by atoms with E-state index in [1.807, 2.05) is 44.2 Å². The normalized spacial score (nSPS) is 16.3. The SMILES string of the molecule is Cc1cccc(C)c1C(=O)c1ccc(CN2CCN(C)CC2)cc1. The summed E-state index contributed by atoms with van der Waals surface area (Å²) in [7, 11) is 2.17. The highest BCUT2D eigenvalue weighted by Crippen LogP contribution is 2.19. The fraction of sp³-hybridized carbons (Fsp3) is 0.381. The lowest BCUT2D eigenvalue weighted by Crippen LogP contribution is -2.43. The van der Waals surface area contributed by atoms with Crippen molar-refractivity contribution in [2.45, 2.75) is 20.4 Å². The number of benzene rings is 2. The Balaban J connectivity index is 1.71. The summed E-state index contributed by atoms with van der Waals surface area (Å²) < 4.78 is 0. The molecule has 3 nitrogen and oxygen atoms in total. The van der Waals surface area contributed by atoms with Gasteiger partial charge in [0.05, 0.1) is 0 Å². The summed E-state index contributed by atoms with van der Waals surface area (Å²) >= 11 is 0. The molecule has 0 radical (unpaired) electrons. The van der Waals surface area contributed by atoms with Crippen molar-refractivity contribution in [2.75, 3.05) is 33.2 Å². The van der Waals surface area contributed by atoms with Crippen molar-refractivity contribution in [3.05, 3.63) is 70.3 Å². The second-order valence-electron chi connectivity index (χ2n) is 6.87. The second-order valence-corrected chi connectivity index (χ2v) is 6.87.